The van der Waals surface area contributed by atoms with Crippen LogP contribution in [0.1, 0.15) is 52.4 Å². The molecular formula is C22H34O8. The molecule has 8 nitrogen and oxygen atoms in total. The zero-order chi connectivity index (χ0) is 22.7. The van der Waals surface area contributed by atoms with Crippen molar-refractivity contribution in [2.45, 2.75) is 64.6 Å². The number of hydrogen-bond acceptors (Lipinski definition) is 7. The van der Waals surface area contributed by atoms with Gasteiger partial charge in [-0.1, -0.05) is 26.8 Å². The van der Waals surface area contributed by atoms with Gasteiger partial charge in [0.1, 0.15) is 5.92 Å². The smallest absolute Gasteiger partial charge is 0.335 e. The summed E-state index contributed by atoms with van der Waals surface area (Å²) in [5, 5.41) is 19.4. The highest BCUT2D eigenvalue weighted by Gasteiger charge is 2.56. The van der Waals surface area contributed by atoms with Gasteiger partial charge in [0.05, 0.1) is 26.7 Å². The van der Waals surface area contributed by atoms with E-state index in [1.54, 1.807) is 0 Å². The number of rotatable bonds is 8. The second-order valence-corrected chi connectivity index (χ2v) is 9.11. The molecule has 0 amide bonds. The van der Waals surface area contributed by atoms with Crippen LogP contribution in [0, 0.1) is 22.7 Å². The van der Waals surface area contributed by atoms with Crippen molar-refractivity contribution in [1.29, 1.82) is 0 Å². The van der Waals surface area contributed by atoms with E-state index in [0.29, 0.717) is 6.42 Å². The summed E-state index contributed by atoms with van der Waals surface area (Å²) in [7, 11) is 2.30. The van der Waals surface area contributed by atoms with Crippen LogP contribution in [0.5, 0.6) is 0 Å². The molecule has 6 atom stereocenters. The van der Waals surface area contributed by atoms with Gasteiger partial charge in [-0.2, -0.15) is 0 Å². The number of hydrogen-bond donors (Lipinski definition) is 2. The van der Waals surface area contributed by atoms with E-state index in [1.165, 1.54) is 0 Å². The Hall–Kier alpha value is -1.93. The van der Waals surface area contributed by atoms with Gasteiger partial charge in [0.2, 0.25) is 0 Å². The summed E-state index contributed by atoms with van der Waals surface area (Å²) in [4.78, 5) is 36.2. The molecular weight excluding hydrogens is 392 g/mol. The lowest BCUT2D eigenvalue weighted by atomic mass is 9.49. The average Bonchev–Trinajstić information content (AvgIpc) is 2.70. The summed E-state index contributed by atoms with van der Waals surface area (Å²) in [6.45, 7) is 8.35. The van der Waals surface area contributed by atoms with Gasteiger partial charge in [-0.05, 0) is 42.6 Å². The summed E-state index contributed by atoms with van der Waals surface area (Å²) in [5.74, 6) is -4.14. The Morgan fingerprint density at radius 3 is 2.33 bits per heavy atom. The molecule has 0 aliphatic heterocycles. The molecule has 2 aliphatic carbocycles. The zero-order valence-electron chi connectivity index (χ0n) is 18.3. The van der Waals surface area contributed by atoms with Gasteiger partial charge in [-0.25, -0.2) is 4.79 Å². The topological polar surface area (TPSA) is 119 Å². The lowest BCUT2D eigenvalue weighted by Gasteiger charge is -2.58. The Morgan fingerprint density at radius 2 is 1.80 bits per heavy atom. The summed E-state index contributed by atoms with van der Waals surface area (Å²) in [6, 6.07) is 0. The number of methoxy groups -OCH3 is 2. The molecule has 2 fully saturated rings. The Kier molecular flexibility index (Phi) is 7.69. The number of carboxylic acids is 1. The molecule has 30 heavy (non-hydrogen) atoms. The SMILES string of the molecule is C=C1CC[C@H]2[C@](C)(CO)CCC[C@]2(C)[C@H]1O[C@H](C(=O)OC)[C@@H](CC(=O)O)C(=O)OC. The van der Waals surface area contributed by atoms with Gasteiger partial charge in [0, 0.05) is 12.0 Å². The number of aliphatic hydroxyl groups is 1. The quantitative estimate of drug-likeness (QED) is 0.448. The van der Waals surface area contributed by atoms with Crippen LogP contribution < -0.4 is 0 Å². The van der Waals surface area contributed by atoms with E-state index in [1.807, 2.05) is 0 Å². The molecule has 0 saturated heterocycles. The van der Waals surface area contributed by atoms with Gasteiger partial charge >= 0.3 is 17.9 Å². The number of ether oxygens (including phenoxy) is 3. The maximum atomic E-state index is 12.6. The first kappa shape index (κ1) is 24.3. The predicted octanol–water partition coefficient (Wildman–Crippen LogP) is 2.33. The van der Waals surface area contributed by atoms with Crippen LogP contribution in [0.2, 0.25) is 0 Å². The molecule has 0 bridgehead atoms. The highest BCUT2D eigenvalue weighted by Crippen LogP contribution is 2.59. The van der Waals surface area contributed by atoms with Crippen molar-refractivity contribution in [3.8, 4) is 0 Å². The number of carboxylic acid groups (broad SMARTS) is 1. The summed E-state index contributed by atoms with van der Waals surface area (Å²) in [6.07, 6.45) is 1.47. The second kappa shape index (κ2) is 9.47. The zero-order valence-corrected chi connectivity index (χ0v) is 18.3. The highest BCUT2D eigenvalue weighted by atomic mass is 16.6. The van der Waals surface area contributed by atoms with Crippen LogP contribution in [0.3, 0.4) is 0 Å². The number of aliphatic carboxylic acids is 1. The van der Waals surface area contributed by atoms with Gasteiger partial charge < -0.3 is 24.4 Å². The largest absolute Gasteiger partial charge is 0.481 e. The van der Waals surface area contributed by atoms with Gasteiger partial charge in [0.25, 0.3) is 0 Å². The number of aliphatic hydroxyl groups excluding tert-OH is 1. The number of esters is 2. The Labute approximate surface area is 177 Å². The minimum atomic E-state index is -1.43. The van der Waals surface area contributed by atoms with Crippen LogP contribution in [-0.2, 0) is 28.6 Å². The lowest BCUT2D eigenvalue weighted by molar-refractivity contribution is -0.191. The molecule has 8 heteroatoms. The molecule has 0 radical (unpaired) electrons. The molecule has 0 aromatic heterocycles. The van der Waals surface area contributed by atoms with E-state index in [9.17, 15) is 24.6 Å². The fourth-order valence-electron chi connectivity index (χ4n) is 5.61. The van der Waals surface area contributed by atoms with E-state index in [2.05, 4.69) is 20.4 Å². The van der Waals surface area contributed by atoms with E-state index in [0.717, 1.165) is 45.5 Å². The van der Waals surface area contributed by atoms with Crippen molar-refractivity contribution in [3.05, 3.63) is 12.2 Å². The van der Waals surface area contributed by atoms with E-state index in [4.69, 9.17) is 14.2 Å². The van der Waals surface area contributed by atoms with Crippen LogP contribution in [0.4, 0.5) is 0 Å². The molecule has 0 unspecified atom stereocenters. The lowest BCUT2D eigenvalue weighted by Crippen LogP contribution is -2.56. The Balaban J connectivity index is 2.44. The second-order valence-electron chi connectivity index (χ2n) is 9.11. The summed E-state index contributed by atoms with van der Waals surface area (Å²) in [5.41, 5.74) is 0.101. The highest BCUT2D eigenvalue weighted by molar-refractivity contribution is 5.87. The van der Waals surface area contributed by atoms with Crippen molar-refractivity contribution < 1.29 is 38.8 Å². The number of carbonyl (C=O) groups excluding carboxylic acids is 2. The normalized spacial score (nSPS) is 33.2. The van der Waals surface area contributed by atoms with E-state index in [-0.39, 0.29) is 17.9 Å². The minimum absolute atomic E-state index is 0.0523. The van der Waals surface area contributed by atoms with Crippen molar-refractivity contribution in [2.75, 3.05) is 20.8 Å². The van der Waals surface area contributed by atoms with Crippen molar-refractivity contribution in [3.63, 3.8) is 0 Å². The van der Waals surface area contributed by atoms with Crippen molar-refractivity contribution in [2.24, 2.45) is 22.7 Å². The number of fused-ring (bicyclic) bond motifs is 1. The maximum Gasteiger partial charge on any atom is 0.335 e. The van der Waals surface area contributed by atoms with Crippen molar-refractivity contribution >= 4 is 17.9 Å². The Morgan fingerprint density at radius 1 is 1.17 bits per heavy atom. The van der Waals surface area contributed by atoms with Crippen molar-refractivity contribution in [1.82, 2.24) is 0 Å². The number of carbonyl (C=O) groups is 3. The van der Waals surface area contributed by atoms with Gasteiger partial charge in [-0.15, -0.1) is 0 Å². The molecule has 2 saturated carbocycles. The van der Waals surface area contributed by atoms with Gasteiger partial charge in [-0.3, -0.25) is 9.59 Å². The molecule has 2 N–H and O–H groups in total. The first-order valence-corrected chi connectivity index (χ1v) is 10.4. The maximum absolute atomic E-state index is 12.6. The van der Waals surface area contributed by atoms with E-state index >= 15 is 0 Å². The third-order valence-corrected chi connectivity index (χ3v) is 7.17. The third-order valence-electron chi connectivity index (χ3n) is 7.17. The summed E-state index contributed by atoms with van der Waals surface area (Å²) < 4.78 is 15.8. The third kappa shape index (κ3) is 4.54. The molecule has 0 spiro atoms. The predicted molar refractivity (Wildman–Crippen MR) is 107 cm³/mol. The molecule has 0 aromatic rings. The van der Waals surface area contributed by atoms with Crippen LogP contribution in [0.15, 0.2) is 12.2 Å². The fraction of sp³-hybridized carbons (Fsp3) is 0.773. The van der Waals surface area contributed by atoms with Crippen LogP contribution in [-0.4, -0.2) is 61.2 Å². The molecule has 2 aliphatic rings. The first-order chi connectivity index (χ1) is 14.0. The molecule has 2 rings (SSSR count). The molecule has 170 valence electrons. The average molecular weight is 427 g/mol. The minimum Gasteiger partial charge on any atom is -0.481 e. The monoisotopic (exact) mass is 426 g/mol. The summed E-state index contributed by atoms with van der Waals surface area (Å²) >= 11 is 0. The molecule has 0 heterocycles. The van der Waals surface area contributed by atoms with Gasteiger partial charge in [0.15, 0.2) is 6.10 Å². The van der Waals surface area contributed by atoms with Crippen LogP contribution >= 0.6 is 0 Å². The molecule has 0 aromatic carbocycles. The standard InChI is InChI=1S/C22H34O8/c1-13-7-8-15-21(2,12-23)9-6-10-22(15,3)18(13)30-17(20(27)29-5)14(11-16(24)25)19(26)28-4/h14-15,17-18,23H,1,6-12H2,2-5H3,(H,24,25)/t14-,15+,17+,18+,21+,22+/m1/s1. The van der Waals surface area contributed by atoms with Crippen LogP contribution in [0.25, 0.3) is 0 Å². The first-order valence-electron chi connectivity index (χ1n) is 10.4. The Bertz CT molecular complexity index is 689. The fourth-order valence-corrected chi connectivity index (χ4v) is 5.61. The van der Waals surface area contributed by atoms with E-state index < -0.39 is 47.9 Å².